The molecule has 0 saturated carbocycles. The van der Waals surface area contributed by atoms with Crippen molar-refractivity contribution in [3.63, 3.8) is 0 Å². The summed E-state index contributed by atoms with van der Waals surface area (Å²) in [6.07, 6.45) is 3.36. The molecule has 0 radical (unpaired) electrons. The van der Waals surface area contributed by atoms with Crippen LogP contribution in [0, 0.1) is 0 Å². The van der Waals surface area contributed by atoms with E-state index < -0.39 is 0 Å². The molecule has 0 unspecified atom stereocenters. The summed E-state index contributed by atoms with van der Waals surface area (Å²) in [6, 6.07) is 10.2. The van der Waals surface area contributed by atoms with E-state index in [1.165, 1.54) is 0 Å². The summed E-state index contributed by atoms with van der Waals surface area (Å²) in [5.41, 5.74) is 1.07. The molecule has 108 valence electrons. The molecule has 0 aliphatic heterocycles. The standard InChI is InChI=1S/C15H14ClN3O2/c16-13-4-2-1-3-12(13)15(21)18-10-7-14(20)19-11-5-8-17-9-6-11/h1-6,8-9H,7,10H2,(H,18,21)(H,17,19,20). The lowest BCUT2D eigenvalue weighted by Crippen LogP contribution is -2.27. The Balaban J connectivity index is 1.78. The number of halogens is 1. The molecule has 2 amide bonds. The Bertz CT molecular complexity index is 632. The summed E-state index contributed by atoms with van der Waals surface area (Å²) in [6.45, 7) is 0.237. The van der Waals surface area contributed by atoms with Crippen molar-refractivity contribution in [2.24, 2.45) is 0 Å². The second kappa shape index (κ2) is 7.40. The number of nitrogens with one attached hydrogen (secondary N) is 2. The molecule has 0 spiro atoms. The molecule has 2 rings (SSSR count). The highest BCUT2D eigenvalue weighted by Crippen LogP contribution is 2.14. The molecule has 6 heteroatoms. The van der Waals surface area contributed by atoms with Crippen LogP contribution >= 0.6 is 11.6 Å². The maximum absolute atomic E-state index is 11.9. The summed E-state index contributed by atoms with van der Waals surface area (Å²) < 4.78 is 0. The zero-order chi connectivity index (χ0) is 15.1. The lowest BCUT2D eigenvalue weighted by Gasteiger charge is -2.07. The van der Waals surface area contributed by atoms with E-state index in [-0.39, 0.29) is 24.8 Å². The van der Waals surface area contributed by atoms with Crippen molar-refractivity contribution in [1.29, 1.82) is 0 Å². The highest BCUT2D eigenvalue weighted by Gasteiger charge is 2.09. The second-order valence-electron chi connectivity index (χ2n) is 4.27. The third kappa shape index (κ3) is 4.57. The third-order valence-electron chi connectivity index (χ3n) is 2.72. The van der Waals surface area contributed by atoms with Gasteiger partial charge in [0.2, 0.25) is 5.91 Å². The Morgan fingerprint density at radius 3 is 2.52 bits per heavy atom. The summed E-state index contributed by atoms with van der Waals surface area (Å²) in [5, 5.41) is 5.76. The molecule has 0 saturated heterocycles. The zero-order valence-corrected chi connectivity index (χ0v) is 11.9. The van der Waals surface area contributed by atoms with Crippen molar-refractivity contribution in [2.45, 2.75) is 6.42 Å². The lowest BCUT2D eigenvalue weighted by molar-refractivity contribution is -0.116. The number of hydrogen-bond acceptors (Lipinski definition) is 3. The number of aromatic nitrogens is 1. The molecule has 2 N–H and O–H groups in total. The summed E-state index contributed by atoms with van der Waals surface area (Å²) >= 11 is 5.92. The van der Waals surface area contributed by atoms with Gasteiger partial charge >= 0.3 is 0 Å². The highest BCUT2D eigenvalue weighted by molar-refractivity contribution is 6.33. The monoisotopic (exact) mass is 303 g/mol. The summed E-state index contributed by atoms with van der Waals surface area (Å²) in [4.78, 5) is 27.4. The molecule has 2 aromatic rings. The minimum absolute atomic E-state index is 0.179. The van der Waals surface area contributed by atoms with Crippen LogP contribution in [0.1, 0.15) is 16.8 Å². The summed E-state index contributed by atoms with van der Waals surface area (Å²) in [5.74, 6) is -0.474. The Hall–Kier alpha value is -2.40. The predicted molar refractivity (Wildman–Crippen MR) is 81.3 cm³/mol. The van der Waals surface area contributed by atoms with Gasteiger partial charge in [-0.3, -0.25) is 14.6 Å². The minimum Gasteiger partial charge on any atom is -0.351 e. The van der Waals surface area contributed by atoms with E-state index in [4.69, 9.17) is 11.6 Å². The number of anilines is 1. The van der Waals surface area contributed by atoms with Gasteiger partial charge < -0.3 is 10.6 Å². The first-order valence-electron chi connectivity index (χ1n) is 6.39. The molecular weight excluding hydrogens is 290 g/mol. The van der Waals surface area contributed by atoms with Crippen LogP contribution in [0.15, 0.2) is 48.8 Å². The average molecular weight is 304 g/mol. The van der Waals surface area contributed by atoms with Crippen LogP contribution in [0.4, 0.5) is 5.69 Å². The molecule has 1 aromatic heterocycles. The maximum Gasteiger partial charge on any atom is 0.252 e. The quantitative estimate of drug-likeness (QED) is 0.891. The second-order valence-corrected chi connectivity index (χ2v) is 4.68. The van der Waals surface area contributed by atoms with E-state index in [2.05, 4.69) is 15.6 Å². The van der Waals surface area contributed by atoms with Gasteiger partial charge in [-0.15, -0.1) is 0 Å². The zero-order valence-electron chi connectivity index (χ0n) is 11.2. The lowest BCUT2D eigenvalue weighted by atomic mass is 10.2. The van der Waals surface area contributed by atoms with Gasteiger partial charge in [-0.1, -0.05) is 23.7 Å². The van der Waals surface area contributed by atoms with Crippen LogP contribution in [0.5, 0.6) is 0 Å². The van der Waals surface area contributed by atoms with Gasteiger partial charge in [0.25, 0.3) is 5.91 Å². The average Bonchev–Trinajstić information content (AvgIpc) is 2.48. The van der Waals surface area contributed by atoms with Crippen LogP contribution in [0.25, 0.3) is 0 Å². The molecule has 1 heterocycles. The van der Waals surface area contributed by atoms with E-state index in [0.717, 1.165) is 0 Å². The van der Waals surface area contributed by atoms with Crippen molar-refractivity contribution in [3.8, 4) is 0 Å². The Labute approximate surface area is 127 Å². The number of benzene rings is 1. The predicted octanol–water partition coefficient (Wildman–Crippen LogP) is 2.49. The molecule has 21 heavy (non-hydrogen) atoms. The number of carbonyl (C=O) groups is 2. The van der Waals surface area contributed by atoms with Gasteiger partial charge in [-0.25, -0.2) is 0 Å². The molecule has 1 aromatic carbocycles. The van der Waals surface area contributed by atoms with Crippen molar-refractivity contribution < 1.29 is 9.59 Å². The Kier molecular flexibility index (Phi) is 5.29. The van der Waals surface area contributed by atoms with E-state index in [1.807, 2.05) is 0 Å². The normalized spacial score (nSPS) is 9.95. The van der Waals surface area contributed by atoms with Gasteiger partial charge in [0.05, 0.1) is 10.6 Å². The highest BCUT2D eigenvalue weighted by atomic mass is 35.5. The molecule has 0 atom stereocenters. The molecular formula is C15H14ClN3O2. The van der Waals surface area contributed by atoms with Crippen LogP contribution < -0.4 is 10.6 Å². The molecule has 0 bridgehead atoms. The fourth-order valence-electron chi connectivity index (χ4n) is 1.69. The van der Waals surface area contributed by atoms with Gasteiger partial charge in [-0.2, -0.15) is 0 Å². The Morgan fingerprint density at radius 1 is 1.10 bits per heavy atom. The molecule has 0 aliphatic carbocycles. The van der Waals surface area contributed by atoms with E-state index in [1.54, 1.807) is 48.8 Å². The van der Waals surface area contributed by atoms with Crippen LogP contribution in [0.2, 0.25) is 5.02 Å². The third-order valence-corrected chi connectivity index (χ3v) is 3.05. The molecule has 0 fully saturated rings. The van der Waals surface area contributed by atoms with E-state index in [0.29, 0.717) is 16.3 Å². The van der Waals surface area contributed by atoms with Gasteiger partial charge in [0.1, 0.15) is 0 Å². The van der Waals surface area contributed by atoms with Gasteiger partial charge in [-0.05, 0) is 24.3 Å². The van der Waals surface area contributed by atoms with Crippen molar-refractivity contribution >= 4 is 29.1 Å². The topological polar surface area (TPSA) is 71.1 Å². The first-order valence-corrected chi connectivity index (χ1v) is 6.77. The van der Waals surface area contributed by atoms with Crippen molar-refractivity contribution in [1.82, 2.24) is 10.3 Å². The van der Waals surface area contributed by atoms with Gasteiger partial charge in [0, 0.05) is 31.0 Å². The van der Waals surface area contributed by atoms with Crippen molar-refractivity contribution in [3.05, 3.63) is 59.4 Å². The first-order chi connectivity index (χ1) is 10.2. The maximum atomic E-state index is 11.9. The Morgan fingerprint density at radius 2 is 1.81 bits per heavy atom. The largest absolute Gasteiger partial charge is 0.351 e. The number of pyridine rings is 1. The fourth-order valence-corrected chi connectivity index (χ4v) is 1.91. The molecule has 0 aliphatic rings. The van der Waals surface area contributed by atoms with Crippen LogP contribution in [-0.4, -0.2) is 23.3 Å². The smallest absolute Gasteiger partial charge is 0.252 e. The number of amides is 2. The molecule has 5 nitrogen and oxygen atoms in total. The summed E-state index contributed by atoms with van der Waals surface area (Å²) in [7, 11) is 0. The van der Waals surface area contributed by atoms with Crippen molar-refractivity contribution in [2.75, 3.05) is 11.9 Å². The number of rotatable bonds is 5. The minimum atomic E-state index is -0.294. The first kappa shape index (κ1) is 15.0. The van der Waals surface area contributed by atoms with Crippen LogP contribution in [-0.2, 0) is 4.79 Å². The van der Waals surface area contributed by atoms with Crippen LogP contribution in [0.3, 0.4) is 0 Å². The fraction of sp³-hybridized carbons (Fsp3) is 0.133. The number of carbonyl (C=O) groups excluding carboxylic acids is 2. The number of hydrogen-bond donors (Lipinski definition) is 2. The number of nitrogens with zero attached hydrogens (tertiary/aromatic N) is 1. The SMILES string of the molecule is O=C(CCNC(=O)c1ccccc1Cl)Nc1ccncc1. The van der Waals surface area contributed by atoms with Gasteiger partial charge in [0.15, 0.2) is 0 Å². The van der Waals surface area contributed by atoms with E-state index >= 15 is 0 Å². The van der Waals surface area contributed by atoms with E-state index in [9.17, 15) is 9.59 Å².